The molecule has 0 saturated carbocycles. The first kappa shape index (κ1) is 33.6. The predicted molar refractivity (Wildman–Crippen MR) is 150 cm³/mol. The Morgan fingerprint density at radius 2 is 0.706 bits per heavy atom. The molecular weight excluding hydrogens is 418 g/mol. The van der Waals surface area contributed by atoms with Gasteiger partial charge in [-0.15, -0.1) is 0 Å². The maximum Gasteiger partial charge on any atom is 0.166 e. The summed E-state index contributed by atoms with van der Waals surface area (Å²) in [4.78, 5) is 0. The molecule has 3 heteroatoms. The zero-order valence-electron chi connectivity index (χ0n) is 23.6. The highest BCUT2D eigenvalue weighted by molar-refractivity contribution is 5.49. The van der Waals surface area contributed by atoms with Crippen molar-refractivity contribution in [1.29, 1.82) is 0 Å². The summed E-state index contributed by atoms with van der Waals surface area (Å²) < 4.78 is 11.9. The van der Waals surface area contributed by atoms with Gasteiger partial charge in [0.1, 0.15) is 6.21 Å². The van der Waals surface area contributed by atoms with Crippen LogP contribution in [-0.2, 0) is 9.47 Å². The van der Waals surface area contributed by atoms with Gasteiger partial charge >= 0.3 is 0 Å². The van der Waals surface area contributed by atoms with Crippen LogP contribution in [0.3, 0.4) is 0 Å². The molecule has 34 heavy (non-hydrogen) atoms. The lowest BCUT2D eigenvalue weighted by Gasteiger charge is -2.16. The van der Waals surface area contributed by atoms with Crippen molar-refractivity contribution in [3.05, 3.63) is 0 Å². The smallest absolute Gasteiger partial charge is 0.166 e. The molecule has 0 bridgehead atoms. The van der Waals surface area contributed by atoms with E-state index in [1.54, 1.807) is 6.21 Å². The minimum Gasteiger partial charge on any atom is -0.352 e. The van der Waals surface area contributed by atoms with Gasteiger partial charge in [-0.25, -0.2) is 0 Å². The molecule has 0 radical (unpaired) electrons. The summed E-state index contributed by atoms with van der Waals surface area (Å²) in [6.07, 6.45) is 35.1. The molecular formula is C31H64NO2+. The third-order valence-electron chi connectivity index (χ3n) is 6.93. The van der Waals surface area contributed by atoms with Crippen molar-refractivity contribution in [2.75, 3.05) is 13.2 Å². The molecule has 204 valence electrons. The Bertz CT molecular complexity index is 344. The van der Waals surface area contributed by atoms with Gasteiger partial charge in [0.2, 0.25) is 0 Å². The molecule has 0 aromatic rings. The van der Waals surface area contributed by atoms with Crippen molar-refractivity contribution in [1.82, 2.24) is 0 Å². The first-order chi connectivity index (χ1) is 16.8. The van der Waals surface area contributed by atoms with Crippen LogP contribution in [0.2, 0.25) is 0 Å². The quantitative estimate of drug-likeness (QED) is 0.0630. The normalized spacial score (nSPS) is 11.5. The van der Waals surface area contributed by atoms with Crippen molar-refractivity contribution in [3.63, 3.8) is 0 Å². The second kappa shape index (κ2) is 30.6. The summed E-state index contributed by atoms with van der Waals surface area (Å²) in [5.74, 6) is 0. The molecule has 0 aromatic carbocycles. The third kappa shape index (κ3) is 27.8. The molecule has 0 unspecified atom stereocenters. The van der Waals surface area contributed by atoms with E-state index in [9.17, 15) is 0 Å². The van der Waals surface area contributed by atoms with E-state index in [4.69, 9.17) is 14.9 Å². The number of unbranched alkanes of at least 4 members (excludes halogenated alkanes) is 22. The summed E-state index contributed by atoms with van der Waals surface area (Å²) >= 11 is 0. The van der Waals surface area contributed by atoms with E-state index in [0.717, 1.165) is 26.1 Å². The molecule has 0 aliphatic heterocycles. The van der Waals surface area contributed by atoms with E-state index < -0.39 is 0 Å². The second-order valence-electron chi connectivity index (χ2n) is 10.4. The number of hydrogen-bond donors (Lipinski definition) is 1. The van der Waals surface area contributed by atoms with Crippen LogP contribution in [0.25, 0.3) is 0 Å². The molecule has 0 amide bonds. The summed E-state index contributed by atoms with van der Waals surface area (Å²) in [5.41, 5.74) is 0. The van der Waals surface area contributed by atoms with Gasteiger partial charge in [0.05, 0.1) is 6.42 Å². The molecule has 0 spiro atoms. The Hall–Kier alpha value is -0.410. The summed E-state index contributed by atoms with van der Waals surface area (Å²) in [7, 11) is 0. The van der Waals surface area contributed by atoms with E-state index >= 15 is 0 Å². The SMILES string of the molecule is CCCCCCCCCCCCCCOC(CC=[NH2+])OCCCCCCCCCCCCCC. The summed E-state index contributed by atoms with van der Waals surface area (Å²) in [5, 5.41) is 5.63. The minimum atomic E-state index is -0.148. The predicted octanol–water partition coefficient (Wildman–Crippen LogP) is 8.97. The van der Waals surface area contributed by atoms with Gasteiger partial charge in [0.15, 0.2) is 6.29 Å². The fraction of sp³-hybridized carbons (Fsp3) is 0.968. The van der Waals surface area contributed by atoms with Gasteiger partial charge in [0, 0.05) is 13.2 Å². The lowest BCUT2D eigenvalue weighted by atomic mass is 10.1. The highest BCUT2D eigenvalue weighted by atomic mass is 16.7. The van der Waals surface area contributed by atoms with E-state index in [1.807, 2.05) is 0 Å². The van der Waals surface area contributed by atoms with Crippen molar-refractivity contribution in [2.45, 2.75) is 181 Å². The topological polar surface area (TPSA) is 44.0 Å². The number of nitrogens with two attached hydrogens (primary N) is 1. The van der Waals surface area contributed by atoms with Gasteiger partial charge in [-0.2, -0.15) is 0 Å². The van der Waals surface area contributed by atoms with Crippen molar-refractivity contribution >= 4 is 6.21 Å². The molecule has 0 aliphatic carbocycles. The van der Waals surface area contributed by atoms with E-state index in [1.165, 1.54) is 141 Å². The fourth-order valence-corrected chi connectivity index (χ4v) is 4.61. The van der Waals surface area contributed by atoms with Gasteiger partial charge in [-0.1, -0.05) is 155 Å². The van der Waals surface area contributed by atoms with Gasteiger partial charge < -0.3 is 9.47 Å². The number of hydrogen-bond acceptors (Lipinski definition) is 2. The first-order valence-corrected chi connectivity index (χ1v) is 15.6. The Balaban J connectivity index is 3.38. The monoisotopic (exact) mass is 482 g/mol. The number of ether oxygens (including phenoxy) is 2. The Morgan fingerprint density at radius 1 is 0.441 bits per heavy atom. The standard InChI is InChI=1S/C31H63NO2/c1-3-5-7-9-11-13-15-17-19-21-23-25-29-33-31(27-28-32)34-30-26-24-22-20-18-16-14-12-10-8-6-4-2/h28,31-32H,3-27,29-30H2,1-2H3/p+1. The van der Waals surface area contributed by atoms with Crippen LogP contribution in [0.4, 0.5) is 0 Å². The molecule has 0 rings (SSSR count). The largest absolute Gasteiger partial charge is 0.352 e. The maximum absolute atomic E-state index is 5.95. The Labute approximate surface area is 215 Å². The lowest BCUT2D eigenvalue weighted by molar-refractivity contribution is -0.151. The average molecular weight is 483 g/mol. The number of rotatable bonds is 30. The Morgan fingerprint density at radius 3 is 0.971 bits per heavy atom. The van der Waals surface area contributed by atoms with Gasteiger partial charge in [-0.3, -0.25) is 5.41 Å². The van der Waals surface area contributed by atoms with Crippen LogP contribution in [0.15, 0.2) is 0 Å². The second-order valence-corrected chi connectivity index (χ2v) is 10.4. The van der Waals surface area contributed by atoms with Crippen LogP contribution in [-0.4, -0.2) is 25.7 Å². The lowest BCUT2D eigenvalue weighted by Crippen LogP contribution is -2.33. The van der Waals surface area contributed by atoms with Crippen LogP contribution in [0.1, 0.15) is 174 Å². The highest BCUT2D eigenvalue weighted by Gasteiger charge is 2.09. The minimum absolute atomic E-state index is 0.148. The van der Waals surface area contributed by atoms with Crippen molar-refractivity contribution < 1.29 is 14.9 Å². The molecule has 0 aliphatic rings. The van der Waals surface area contributed by atoms with Crippen molar-refractivity contribution in [2.24, 2.45) is 0 Å². The van der Waals surface area contributed by atoms with Crippen LogP contribution < -0.4 is 5.41 Å². The maximum atomic E-state index is 5.95. The first-order valence-electron chi connectivity index (χ1n) is 15.6. The van der Waals surface area contributed by atoms with Crippen LogP contribution in [0.5, 0.6) is 0 Å². The molecule has 0 aromatic heterocycles. The van der Waals surface area contributed by atoms with Gasteiger partial charge in [0.25, 0.3) is 0 Å². The van der Waals surface area contributed by atoms with Crippen LogP contribution >= 0.6 is 0 Å². The zero-order valence-corrected chi connectivity index (χ0v) is 23.6. The highest BCUT2D eigenvalue weighted by Crippen LogP contribution is 2.14. The fourth-order valence-electron chi connectivity index (χ4n) is 4.61. The summed E-state index contributed by atoms with van der Waals surface area (Å²) in [6.45, 7) is 6.17. The van der Waals surface area contributed by atoms with Crippen LogP contribution in [0, 0.1) is 0 Å². The molecule has 2 N–H and O–H groups in total. The summed E-state index contributed by atoms with van der Waals surface area (Å²) in [6, 6.07) is 0. The van der Waals surface area contributed by atoms with E-state index in [-0.39, 0.29) is 6.29 Å². The van der Waals surface area contributed by atoms with Crippen molar-refractivity contribution in [3.8, 4) is 0 Å². The third-order valence-corrected chi connectivity index (χ3v) is 6.93. The molecule has 0 fully saturated rings. The molecule has 0 heterocycles. The van der Waals surface area contributed by atoms with Gasteiger partial charge in [-0.05, 0) is 12.8 Å². The average Bonchev–Trinajstić information content (AvgIpc) is 2.84. The zero-order chi connectivity index (χ0) is 24.8. The Kier molecular flexibility index (Phi) is 30.3. The molecule has 0 atom stereocenters. The van der Waals surface area contributed by atoms with E-state index in [2.05, 4.69) is 13.8 Å². The molecule has 3 nitrogen and oxygen atoms in total. The molecule has 0 saturated heterocycles. The van der Waals surface area contributed by atoms with E-state index in [0.29, 0.717) is 6.42 Å².